The molecule has 2 aromatic rings. The average molecular weight is 373 g/mol. The largest absolute Gasteiger partial charge is 0.495 e. The fraction of sp³-hybridized carbons (Fsp3) is 0.381. The fourth-order valence-electron chi connectivity index (χ4n) is 3.40. The highest BCUT2D eigenvalue weighted by atomic mass is 35.5. The van der Waals surface area contributed by atoms with E-state index in [9.17, 15) is 4.79 Å². The van der Waals surface area contributed by atoms with Crippen molar-refractivity contribution in [2.24, 2.45) is 5.92 Å². The van der Waals surface area contributed by atoms with Crippen LogP contribution in [0.5, 0.6) is 5.75 Å². The fourth-order valence-corrected chi connectivity index (χ4v) is 3.66. The van der Waals surface area contributed by atoms with Gasteiger partial charge in [0.05, 0.1) is 12.1 Å². The number of amides is 1. The number of rotatable bonds is 5. The minimum Gasteiger partial charge on any atom is -0.495 e. The van der Waals surface area contributed by atoms with Gasteiger partial charge in [-0.25, -0.2) is 0 Å². The number of benzene rings is 2. The van der Waals surface area contributed by atoms with Crippen molar-refractivity contribution >= 4 is 23.2 Å². The lowest BCUT2D eigenvalue weighted by Crippen LogP contribution is -2.33. The van der Waals surface area contributed by atoms with Crippen molar-refractivity contribution in [3.8, 4) is 5.75 Å². The van der Waals surface area contributed by atoms with Crippen molar-refractivity contribution in [3.63, 3.8) is 0 Å². The van der Waals surface area contributed by atoms with Gasteiger partial charge >= 0.3 is 0 Å². The van der Waals surface area contributed by atoms with E-state index < -0.39 is 0 Å². The lowest BCUT2D eigenvalue weighted by atomic mass is 9.99. The molecular weight excluding hydrogens is 348 g/mol. The number of hydrogen-bond acceptors (Lipinski definition) is 3. The Morgan fingerprint density at radius 1 is 1.27 bits per heavy atom. The van der Waals surface area contributed by atoms with Crippen molar-refractivity contribution < 1.29 is 9.53 Å². The number of piperidine rings is 1. The molecule has 0 bridgehead atoms. The van der Waals surface area contributed by atoms with Crippen LogP contribution in [0.15, 0.2) is 42.5 Å². The van der Waals surface area contributed by atoms with Gasteiger partial charge in [0.1, 0.15) is 5.75 Å². The van der Waals surface area contributed by atoms with E-state index in [4.69, 9.17) is 16.3 Å². The van der Waals surface area contributed by atoms with Gasteiger partial charge in [-0.1, -0.05) is 30.7 Å². The molecule has 4 nitrogen and oxygen atoms in total. The minimum atomic E-state index is -0.149. The molecule has 0 aromatic heterocycles. The first-order chi connectivity index (χ1) is 12.5. The lowest BCUT2D eigenvalue weighted by molar-refractivity contribution is 0.102. The maximum absolute atomic E-state index is 12.4. The van der Waals surface area contributed by atoms with Crippen molar-refractivity contribution in [2.75, 3.05) is 25.5 Å². The second-order valence-electron chi connectivity index (χ2n) is 6.98. The normalized spacial score (nSPS) is 17.7. The van der Waals surface area contributed by atoms with Gasteiger partial charge in [0, 0.05) is 24.3 Å². The second-order valence-corrected chi connectivity index (χ2v) is 7.39. The van der Waals surface area contributed by atoms with Crippen LogP contribution in [0.1, 0.15) is 35.7 Å². The van der Waals surface area contributed by atoms with Gasteiger partial charge in [0.15, 0.2) is 0 Å². The van der Waals surface area contributed by atoms with Crippen molar-refractivity contribution in [1.82, 2.24) is 4.90 Å². The molecule has 1 saturated heterocycles. The van der Waals surface area contributed by atoms with Crippen LogP contribution >= 0.6 is 11.6 Å². The molecule has 26 heavy (non-hydrogen) atoms. The third-order valence-corrected chi connectivity index (χ3v) is 5.07. The first-order valence-electron chi connectivity index (χ1n) is 9.01. The zero-order chi connectivity index (χ0) is 18.5. The number of hydrogen-bond donors (Lipinski definition) is 1. The molecule has 0 spiro atoms. The monoisotopic (exact) mass is 372 g/mol. The molecule has 138 valence electrons. The van der Waals surface area contributed by atoms with Crippen LogP contribution in [-0.2, 0) is 6.54 Å². The Balaban J connectivity index is 1.60. The minimum absolute atomic E-state index is 0.149. The van der Waals surface area contributed by atoms with E-state index in [0.29, 0.717) is 22.0 Å². The molecule has 3 rings (SSSR count). The predicted octanol–water partition coefficient (Wildman–Crippen LogP) is 4.83. The smallest absolute Gasteiger partial charge is 0.255 e. The summed E-state index contributed by atoms with van der Waals surface area (Å²) >= 11 is 6.10. The molecule has 0 radical (unpaired) electrons. The molecule has 0 aliphatic carbocycles. The van der Waals surface area contributed by atoms with Gasteiger partial charge in [-0.2, -0.15) is 0 Å². The summed E-state index contributed by atoms with van der Waals surface area (Å²) in [7, 11) is 1.56. The van der Waals surface area contributed by atoms with Crippen LogP contribution in [0, 0.1) is 5.92 Å². The maximum Gasteiger partial charge on any atom is 0.255 e. The van der Waals surface area contributed by atoms with Gasteiger partial charge in [0.2, 0.25) is 0 Å². The second kappa shape index (κ2) is 8.56. The van der Waals surface area contributed by atoms with Crippen LogP contribution in [0.3, 0.4) is 0 Å². The molecule has 0 saturated carbocycles. The SMILES string of the molecule is COc1ccc(NC(=O)c2ccc(CN3CCC[C@H](C)C3)cc2)cc1Cl. The number of halogens is 1. The first kappa shape index (κ1) is 18.7. The molecule has 0 unspecified atom stereocenters. The molecule has 1 heterocycles. The third-order valence-electron chi connectivity index (χ3n) is 4.77. The standard InChI is InChI=1S/C21H25ClN2O2/c1-15-4-3-11-24(13-15)14-16-5-7-17(8-6-16)21(25)23-18-9-10-20(26-2)19(22)12-18/h5-10,12,15H,3-4,11,13-14H2,1-2H3,(H,23,25)/t15-/m0/s1. The van der Waals surface area contributed by atoms with Gasteiger partial charge in [0.25, 0.3) is 5.91 Å². The molecule has 1 aliphatic heterocycles. The van der Waals surface area contributed by atoms with E-state index in [-0.39, 0.29) is 5.91 Å². The zero-order valence-corrected chi connectivity index (χ0v) is 16.1. The Labute approximate surface area is 160 Å². The molecular formula is C21H25ClN2O2. The van der Waals surface area contributed by atoms with Crippen LogP contribution in [0.4, 0.5) is 5.69 Å². The van der Waals surface area contributed by atoms with Crippen LogP contribution in [-0.4, -0.2) is 31.0 Å². The highest BCUT2D eigenvalue weighted by Crippen LogP contribution is 2.27. The zero-order valence-electron chi connectivity index (χ0n) is 15.3. The molecule has 2 aromatic carbocycles. The molecule has 1 fully saturated rings. The number of methoxy groups -OCH3 is 1. The van der Waals surface area contributed by atoms with Gasteiger partial charge in [-0.05, 0) is 61.2 Å². The summed E-state index contributed by atoms with van der Waals surface area (Å²) < 4.78 is 5.12. The number of ether oxygens (including phenoxy) is 1. The molecule has 5 heteroatoms. The van der Waals surface area contributed by atoms with Gasteiger partial charge in [-0.3, -0.25) is 9.69 Å². The number of carbonyl (C=O) groups excluding carboxylic acids is 1. The Hall–Kier alpha value is -2.04. The quantitative estimate of drug-likeness (QED) is 0.817. The summed E-state index contributed by atoms with van der Waals surface area (Å²) in [4.78, 5) is 14.9. The number of carbonyl (C=O) groups is 1. The summed E-state index contributed by atoms with van der Waals surface area (Å²) in [6.07, 6.45) is 2.59. The number of nitrogens with zero attached hydrogens (tertiary/aromatic N) is 1. The van der Waals surface area contributed by atoms with Crippen molar-refractivity contribution in [1.29, 1.82) is 0 Å². The highest BCUT2D eigenvalue weighted by Gasteiger charge is 2.16. The van der Waals surface area contributed by atoms with E-state index in [1.165, 1.54) is 18.4 Å². The van der Waals surface area contributed by atoms with Crippen molar-refractivity contribution in [2.45, 2.75) is 26.3 Å². The Morgan fingerprint density at radius 2 is 2.04 bits per heavy atom. The van der Waals surface area contributed by atoms with Crippen LogP contribution < -0.4 is 10.1 Å². The van der Waals surface area contributed by atoms with E-state index in [1.54, 1.807) is 25.3 Å². The van der Waals surface area contributed by atoms with E-state index >= 15 is 0 Å². The molecule has 1 amide bonds. The number of likely N-dealkylation sites (tertiary alicyclic amines) is 1. The van der Waals surface area contributed by atoms with Crippen LogP contribution in [0.25, 0.3) is 0 Å². The lowest BCUT2D eigenvalue weighted by Gasteiger charge is -2.30. The van der Waals surface area contributed by atoms with E-state index in [2.05, 4.69) is 17.1 Å². The summed E-state index contributed by atoms with van der Waals surface area (Å²) in [5, 5.41) is 3.34. The van der Waals surface area contributed by atoms with E-state index in [0.717, 1.165) is 25.6 Å². The maximum atomic E-state index is 12.4. The Kier molecular flexibility index (Phi) is 6.17. The summed E-state index contributed by atoms with van der Waals surface area (Å²) in [5.41, 5.74) is 2.52. The van der Waals surface area contributed by atoms with Gasteiger partial charge in [-0.15, -0.1) is 0 Å². The summed E-state index contributed by atoms with van der Waals surface area (Å²) in [5.74, 6) is 1.20. The molecule has 1 aliphatic rings. The van der Waals surface area contributed by atoms with E-state index in [1.807, 2.05) is 24.3 Å². The molecule has 1 atom stereocenters. The first-order valence-corrected chi connectivity index (χ1v) is 9.39. The van der Waals surface area contributed by atoms with Gasteiger partial charge < -0.3 is 10.1 Å². The summed E-state index contributed by atoms with van der Waals surface area (Å²) in [6, 6.07) is 13.0. The average Bonchev–Trinajstić information content (AvgIpc) is 2.62. The van der Waals surface area contributed by atoms with Crippen molar-refractivity contribution in [3.05, 3.63) is 58.6 Å². The Morgan fingerprint density at radius 3 is 2.69 bits per heavy atom. The summed E-state index contributed by atoms with van der Waals surface area (Å²) in [6.45, 7) is 5.57. The highest BCUT2D eigenvalue weighted by molar-refractivity contribution is 6.32. The van der Waals surface area contributed by atoms with Crippen LogP contribution in [0.2, 0.25) is 5.02 Å². The molecule has 1 N–H and O–H groups in total. The predicted molar refractivity (Wildman–Crippen MR) is 106 cm³/mol. The topological polar surface area (TPSA) is 41.6 Å². The Bertz CT molecular complexity index is 761. The third kappa shape index (κ3) is 4.77. The number of anilines is 1. The number of nitrogens with one attached hydrogen (secondary N) is 1.